The molecule has 1 aliphatic heterocycles. The minimum atomic E-state index is -0.533. The molecule has 4 N–H and O–H groups in total. The molecule has 1 saturated heterocycles. The molecule has 32 heavy (non-hydrogen) atoms. The maximum atomic E-state index is 12.8. The van der Waals surface area contributed by atoms with Crippen LogP contribution in [-0.4, -0.2) is 54.8 Å². The molecule has 3 amide bonds. The number of allylic oxidation sites excluding steroid dienone is 2. The van der Waals surface area contributed by atoms with E-state index in [1.807, 2.05) is 19.1 Å². The molecule has 0 aromatic heterocycles. The van der Waals surface area contributed by atoms with Crippen molar-refractivity contribution in [1.29, 1.82) is 0 Å². The van der Waals surface area contributed by atoms with E-state index in [0.717, 1.165) is 12.0 Å². The number of likely N-dealkylation sites (tertiary alicyclic amines) is 1. The van der Waals surface area contributed by atoms with Crippen LogP contribution in [-0.2, 0) is 20.9 Å². The van der Waals surface area contributed by atoms with Crippen LogP contribution in [0, 0.1) is 23.7 Å². The fourth-order valence-electron chi connectivity index (χ4n) is 4.87. The number of amides is 3. The van der Waals surface area contributed by atoms with Crippen molar-refractivity contribution in [2.75, 3.05) is 26.2 Å². The number of nitrogens with zero attached hydrogens (tertiary/aromatic N) is 2. The Morgan fingerprint density at radius 1 is 1.19 bits per heavy atom. The van der Waals surface area contributed by atoms with Crippen molar-refractivity contribution in [1.82, 2.24) is 15.5 Å². The lowest BCUT2D eigenvalue weighted by molar-refractivity contribution is -0.140. The SMILES string of the molecule is CCNC(=NCc1cccc(OCC(N)=O)c1)NCCN1C(=O)C2C3C=CC(C3)C2C1=O. The summed E-state index contributed by atoms with van der Waals surface area (Å²) in [7, 11) is 0. The summed E-state index contributed by atoms with van der Waals surface area (Å²) >= 11 is 0. The third-order valence-corrected chi connectivity index (χ3v) is 6.23. The number of guanidine groups is 1. The Kier molecular flexibility index (Phi) is 6.43. The molecule has 1 saturated carbocycles. The van der Waals surface area contributed by atoms with Crippen molar-refractivity contribution >= 4 is 23.7 Å². The molecule has 3 aliphatic rings. The molecule has 1 aromatic carbocycles. The van der Waals surface area contributed by atoms with Gasteiger partial charge < -0.3 is 21.1 Å². The van der Waals surface area contributed by atoms with Crippen molar-refractivity contribution in [2.24, 2.45) is 34.4 Å². The van der Waals surface area contributed by atoms with E-state index >= 15 is 0 Å². The van der Waals surface area contributed by atoms with Gasteiger partial charge in [0.15, 0.2) is 12.6 Å². The summed E-state index contributed by atoms with van der Waals surface area (Å²) < 4.78 is 5.33. The number of primary amides is 1. The molecule has 0 spiro atoms. The highest BCUT2D eigenvalue weighted by Crippen LogP contribution is 2.52. The number of ether oxygens (including phenoxy) is 1. The van der Waals surface area contributed by atoms with Gasteiger partial charge in [0.1, 0.15) is 5.75 Å². The Labute approximate surface area is 187 Å². The smallest absolute Gasteiger partial charge is 0.255 e. The van der Waals surface area contributed by atoms with Crippen molar-refractivity contribution in [3.63, 3.8) is 0 Å². The molecular formula is C23H29N5O4. The number of nitrogens with two attached hydrogens (primary N) is 1. The molecule has 2 fully saturated rings. The van der Waals surface area contributed by atoms with Crippen molar-refractivity contribution in [3.05, 3.63) is 42.0 Å². The Morgan fingerprint density at radius 2 is 1.91 bits per heavy atom. The van der Waals surface area contributed by atoms with E-state index in [-0.39, 0.29) is 42.1 Å². The van der Waals surface area contributed by atoms with Gasteiger partial charge in [-0.05, 0) is 42.9 Å². The molecule has 4 unspecified atom stereocenters. The zero-order valence-corrected chi connectivity index (χ0v) is 18.1. The minimum Gasteiger partial charge on any atom is -0.484 e. The lowest BCUT2D eigenvalue weighted by Gasteiger charge is -2.18. The highest BCUT2D eigenvalue weighted by Gasteiger charge is 2.58. The summed E-state index contributed by atoms with van der Waals surface area (Å²) in [5.74, 6) is 0.664. The summed E-state index contributed by atoms with van der Waals surface area (Å²) in [4.78, 5) is 42.4. The summed E-state index contributed by atoms with van der Waals surface area (Å²) in [6.45, 7) is 3.60. The predicted molar refractivity (Wildman–Crippen MR) is 118 cm³/mol. The molecule has 4 atom stereocenters. The van der Waals surface area contributed by atoms with Gasteiger partial charge in [0, 0.05) is 19.6 Å². The maximum Gasteiger partial charge on any atom is 0.255 e. The van der Waals surface area contributed by atoms with Crippen LogP contribution in [0.2, 0.25) is 0 Å². The zero-order valence-electron chi connectivity index (χ0n) is 18.1. The first-order valence-electron chi connectivity index (χ1n) is 11.0. The number of hydrogen-bond acceptors (Lipinski definition) is 5. The van der Waals surface area contributed by atoms with Crippen LogP contribution in [0.1, 0.15) is 18.9 Å². The second kappa shape index (κ2) is 9.42. The Bertz CT molecular complexity index is 929. The van der Waals surface area contributed by atoms with Gasteiger partial charge in [0.05, 0.1) is 18.4 Å². The van der Waals surface area contributed by atoms with Crippen LogP contribution >= 0.6 is 0 Å². The molecular weight excluding hydrogens is 410 g/mol. The first kappa shape index (κ1) is 21.9. The summed E-state index contributed by atoms with van der Waals surface area (Å²) in [6.07, 6.45) is 5.14. The van der Waals surface area contributed by atoms with E-state index in [2.05, 4.69) is 27.8 Å². The molecule has 9 heteroatoms. The van der Waals surface area contributed by atoms with Gasteiger partial charge in [0.25, 0.3) is 5.91 Å². The molecule has 2 bridgehead atoms. The lowest BCUT2D eigenvalue weighted by Crippen LogP contribution is -2.43. The predicted octanol–water partition coefficient (Wildman–Crippen LogP) is 0.413. The van der Waals surface area contributed by atoms with E-state index in [4.69, 9.17) is 10.5 Å². The second-order valence-electron chi connectivity index (χ2n) is 8.35. The van der Waals surface area contributed by atoms with Crippen LogP contribution in [0.25, 0.3) is 0 Å². The number of fused-ring (bicyclic) bond motifs is 5. The highest BCUT2D eigenvalue weighted by atomic mass is 16.5. The number of carbonyl (C=O) groups excluding carboxylic acids is 3. The Morgan fingerprint density at radius 3 is 2.56 bits per heavy atom. The van der Waals surface area contributed by atoms with Gasteiger partial charge >= 0.3 is 0 Å². The summed E-state index contributed by atoms with van der Waals surface area (Å²) in [5.41, 5.74) is 6.02. The minimum absolute atomic E-state index is 0.0339. The van der Waals surface area contributed by atoms with Crippen LogP contribution in [0.3, 0.4) is 0 Å². The number of benzene rings is 1. The van der Waals surface area contributed by atoms with Gasteiger partial charge in [-0.1, -0.05) is 24.3 Å². The van der Waals surface area contributed by atoms with Gasteiger partial charge in [-0.25, -0.2) is 4.99 Å². The normalized spacial score (nSPS) is 25.9. The van der Waals surface area contributed by atoms with Crippen LogP contribution in [0.4, 0.5) is 0 Å². The van der Waals surface area contributed by atoms with Crippen molar-refractivity contribution in [2.45, 2.75) is 19.9 Å². The average Bonchev–Trinajstić information content (AvgIpc) is 3.46. The number of carbonyl (C=O) groups is 3. The van der Waals surface area contributed by atoms with Crippen molar-refractivity contribution in [3.8, 4) is 5.75 Å². The fourth-order valence-corrected chi connectivity index (χ4v) is 4.87. The molecule has 170 valence electrons. The maximum absolute atomic E-state index is 12.8. The molecule has 4 rings (SSSR count). The molecule has 0 radical (unpaired) electrons. The average molecular weight is 440 g/mol. The molecule has 2 aliphatic carbocycles. The van der Waals surface area contributed by atoms with E-state index in [0.29, 0.717) is 37.9 Å². The number of hydrogen-bond donors (Lipinski definition) is 3. The molecule has 1 heterocycles. The van der Waals surface area contributed by atoms with E-state index in [9.17, 15) is 14.4 Å². The summed E-state index contributed by atoms with van der Waals surface area (Å²) in [5, 5.41) is 6.37. The van der Waals surface area contributed by atoms with Gasteiger partial charge in [0.2, 0.25) is 11.8 Å². The second-order valence-corrected chi connectivity index (χ2v) is 8.35. The number of aliphatic imine (C=N–C) groups is 1. The lowest BCUT2D eigenvalue weighted by atomic mass is 9.85. The third kappa shape index (κ3) is 4.46. The van der Waals surface area contributed by atoms with Gasteiger partial charge in [-0.2, -0.15) is 0 Å². The van der Waals surface area contributed by atoms with E-state index in [1.165, 1.54) is 4.90 Å². The number of rotatable bonds is 9. The number of imide groups is 1. The van der Waals surface area contributed by atoms with Crippen molar-refractivity contribution < 1.29 is 19.1 Å². The van der Waals surface area contributed by atoms with E-state index in [1.54, 1.807) is 12.1 Å². The molecule has 9 nitrogen and oxygen atoms in total. The first-order chi connectivity index (χ1) is 15.5. The quantitative estimate of drug-likeness (QED) is 0.221. The van der Waals surface area contributed by atoms with Gasteiger partial charge in [-0.3, -0.25) is 19.3 Å². The molecule has 1 aromatic rings. The largest absolute Gasteiger partial charge is 0.484 e. The fraction of sp³-hybridized carbons (Fsp3) is 0.478. The Hall–Kier alpha value is -3.36. The van der Waals surface area contributed by atoms with Crippen LogP contribution in [0.5, 0.6) is 5.75 Å². The van der Waals surface area contributed by atoms with Gasteiger partial charge in [-0.15, -0.1) is 0 Å². The van der Waals surface area contributed by atoms with Crippen LogP contribution in [0.15, 0.2) is 41.4 Å². The topological polar surface area (TPSA) is 126 Å². The van der Waals surface area contributed by atoms with Crippen LogP contribution < -0.4 is 21.1 Å². The number of nitrogens with one attached hydrogen (secondary N) is 2. The Balaban J connectivity index is 1.31. The third-order valence-electron chi connectivity index (χ3n) is 6.23. The summed E-state index contributed by atoms with van der Waals surface area (Å²) in [6, 6.07) is 7.29. The highest BCUT2D eigenvalue weighted by molar-refractivity contribution is 6.06. The zero-order chi connectivity index (χ0) is 22.7. The monoisotopic (exact) mass is 439 g/mol. The first-order valence-corrected chi connectivity index (χ1v) is 11.0. The van der Waals surface area contributed by atoms with E-state index < -0.39 is 5.91 Å². The standard InChI is InChI=1S/C23H29N5O4/c1-2-25-23(27-12-14-4-3-5-17(10-14)32-13-18(24)29)26-8-9-28-21(30)19-15-6-7-16(11-15)20(19)22(28)31/h3-7,10,15-16,19-20H,2,8-9,11-13H2,1H3,(H2,24,29)(H2,25,26,27).